The molecule has 0 radical (unpaired) electrons. The molecule has 0 unspecified atom stereocenters. The maximum absolute atomic E-state index is 12.4. The maximum atomic E-state index is 12.4. The lowest BCUT2D eigenvalue weighted by molar-refractivity contribution is 0.601. The first-order valence-electron chi connectivity index (χ1n) is 6.25. The number of nitrogen functional groups attached to an aromatic ring is 1. The Hall–Kier alpha value is -2.02. The average Bonchev–Trinajstić information content (AvgIpc) is 2.72. The molecule has 1 aromatic heterocycles. The van der Waals surface area contributed by atoms with Gasteiger partial charge < -0.3 is 5.73 Å². The van der Waals surface area contributed by atoms with Crippen molar-refractivity contribution in [2.75, 3.05) is 10.5 Å². The lowest BCUT2D eigenvalue weighted by atomic mass is 10.1. The Balaban J connectivity index is 2.46. The lowest BCUT2D eigenvalue weighted by Crippen LogP contribution is -2.16. The minimum atomic E-state index is -3.74. The molecule has 0 saturated heterocycles. The van der Waals surface area contributed by atoms with Crippen LogP contribution >= 0.6 is 0 Å². The number of rotatable bonds is 4. The fourth-order valence-corrected chi connectivity index (χ4v) is 3.33. The summed E-state index contributed by atoms with van der Waals surface area (Å²) >= 11 is 0. The van der Waals surface area contributed by atoms with Gasteiger partial charge in [0.05, 0.1) is 5.69 Å². The number of para-hydroxylation sites is 1. The highest BCUT2D eigenvalue weighted by atomic mass is 32.2. The van der Waals surface area contributed by atoms with E-state index in [1.54, 1.807) is 7.05 Å². The van der Waals surface area contributed by atoms with Crippen LogP contribution in [0.3, 0.4) is 0 Å². The molecule has 0 saturated carbocycles. The van der Waals surface area contributed by atoms with Crippen LogP contribution in [0, 0.1) is 6.92 Å². The molecule has 0 spiro atoms. The zero-order chi connectivity index (χ0) is 14.9. The van der Waals surface area contributed by atoms with Crippen molar-refractivity contribution in [3.63, 3.8) is 0 Å². The molecule has 2 aromatic rings. The molecule has 0 aliphatic heterocycles. The standard InChI is InChI=1S/C13H18N4O2S/c1-4-10-7-5-6-9(2)12(10)16-20(18,19)11-8-17(3)15-13(11)14/h5-8,16H,4H2,1-3H3,(H2,14,15). The van der Waals surface area contributed by atoms with Gasteiger partial charge >= 0.3 is 0 Å². The van der Waals surface area contributed by atoms with Gasteiger partial charge in [-0.2, -0.15) is 5.10 Å². The summed E-state index contributed by atoms with van der Waals surface area (Å²) in [6.45, 7) is 3.84. The zero-order valence-corrected chi connectivity index (χ0v) is 12.5. The summed E-state index contributed by atoms with van der Waals surface area (Å²) in [7, 11) is -2.11. The molecule has 0 fully saturated rings. The summed E-state index contributed by atoms with van der Waals surface area (Å²) in [5, 5.41) is 3.86. The van der Waals surface area contributed by atoms with Crippen molar-refractivity contribution < 1.29 is 8.42 Å². The van der Waals surface area contributed by atoms with Crippen molar-refractivity contribution in [1.29, 1.82) is 0 Å². The van der Waals surface area contributed by atoms with E-state index in [0.29, 0.717) is 5.69 Å². The summed E-state index contributed by atoms with van der Waals surface area (Å²) < 4.78 is 28.8. The van der Waals surface area contributed by atoms with Crippen LogP contribution in [0.4, 0.5) is 11.5 Å². The van der Waals surface area contributed by atoms with Crippen LogP contribution in [0.25, 0.3) is 0 Å². The quantitative estimate of drug-likeness (QED) is 0.897. The monoisotopic (exact) mass is 294 g/mol. The van der Waals surface area contributed by atoms with E-state index in [-0.39, 0.29) is 10.7 Å². The van der Waals surface area contributed by atoms with Crippen molar-refractivity contribution in [2.24, 2.45) is 7.05 Å². The van der Waals surface area contributed by atoms with Crippen LogP contribution in [-0.2, 0) is 23.5 Å². The molecule has 2 rings (SSSR count). The highest BCUT2D eigenvalue weighted by Crippen LogP contribution is 2.26. The third-order valence-corrected chi connectivity index (χ3v) is 4.45. The van der Waals surface area contributed by atoms with Gasteiger partial charge in [0, 0.05) is 13.2 Å². The molecular weight excluding hydrogens is 276 g/mol. The van der Waals surface area contributed by atoms with Crippen LogP contribution in [0.1, 0.15) is 18.1 Å². The normalized spacial score (nSPS) is 11.6. The Labute approximate surface area is 118 Å². The first-order chi connectivity index (χ1) is 9.35. The fourth-order valence-electron chi connectivity index (χ4n) is 2.05. The molecule has 0 amide bonds. The molecule has 0 bridgehead atoms. The van der Waals surface area contributed by atoms with Crippen molar-refractivity contribution in [2.45, 2.75) is 25.2 Å². The molecule has 1 heterocycles. The van der Waals surface area contributed by atoms with E-state index in [2.05, 4.69) is 9.82 Å². The largest absolute Gasteiger partial charge is 0.381 e. The van der Waals surface area contributed by atoms with Gasteiger partial charge in [0.25, 0.3) is 10.0 Å². The lowest BCUT2D eigenvalue weighted by Gasteiger charge is -2.13. The maximum Gasteiger partial charge on any atom is 0.267 e. The van der Waals surface area contributed by atoms with Gasteiger partial charge in [-0.05, 0) is 24.5 Å². The van der Waals surface area contributed by atoms with Crippen molar-refractivity contribution in [3.8, 4) is 0 Å². The van der Waals surface area contributed by atoms with Crippen molar-refractivity contribution in [3.05, 3.63) is 35.5 Å². The number of nitrogens with two attached hydrogens (primary N) is 1. The number of nitrogens with zero attached hydrogens (tertiary/aromatic N) is 2. The van der Waals surface area contributed by atoms with E-state index in [0.717, 1.165) is 17.5 Å². The SMILES string of the molecule is CCc1cccc(C)c1NS(=O)(=O)c1cn(C)nc1N. The van der Waals surface area contributed by atoms with Gasteiger partial charge in [0.1, 0.15) is 4.90 Å². The Morgan fingerprint density at radius 3 is 2.65 bits per heavy atom. The third-order valence-electron chi connectivity index (χ3n) is 3.09. The summed E-state index contributed by atoms with van der Waals surface area (Å²) in [6, 6.07) is 5.67. The second kappa shape index (κ2) is 5.16. The summed E-state index contributed by atoms with van der Waals surface area (Å²) in [5.74, 6) is -0.00775. The molecule has 0 aliphatic rings. The predicted molar refractivity (Wildman–Crippen MR) is 79.0 cm³/mol. The first kappa shape index (κ1) is 14.4. The number of sulfonamides is 1. The Kier molecular flexibility index (Phi) is 3.71. The highest BCUT2D eigenvalue weighted by molar-refractivity contribution is 7.92. The van der Waals surface area contributed by atoms with Crippen LogP contribution in [0.5, 0.6) is 0 Å². The van der Waals surface area contributed by atoms with Gasteiger partial charge in [-0.15, -0.1) is 0 Å². The summed E-state index contributed by atoms with van der Waals surface area (Å²) in [5.41, 5.74) is 8.06. The smallest absolute Gasteiger partial charge is 0.267 e. The van der Waals surface area contributed by atoms with Gasteiger partial charge in [0.2, 0.25) is 0 Å². The Bertz CT molecular complexity index is 735. The Morgan fingerprint density at radius 2 is 2.10 bits per heavy atom. The number of anilines is 2. The van der Waals surface area contributed by atoms with E-state index in [1.165, 1.54) is 10.9 Å². The van der Waals surface area contributed by atoms with Crippen molar-refractivity contribution >= 4 is 21.5 Å². The molecule has 6 nitrogen and oxygen atoms in total. The molecule has 7 heteroatoms. The molecule has 108 valence electrons. The van der Waals surface area contributed by atoms with E-state index in [1.807, 2.05) is 32.0 Å². The second-order valence-corrected chi connectivity index (χ2v) is 6.27. The summed E-state index contributed by atoms with van der Waals surface area (Å²) in [4.78, 5) is -0.00898. The van der Waals surface area contributed by atoms with E-state index >= 15 is 0 Å². The van der Waals surface area contributed by atoms with Crippen LogP contribution in [0.15, 0.2) is 29.3 Å². The van der Waals surface area contributed by atoms with Crippen LogP contribution in [0.2, 0.25) is 0 Å². The van der Waals surface area contributed by atoms with Gasteiger partial charge in [-0.3, -0.25) is 9.40 Å². The van der Waals surface area contributed by atoms with E-state index in [4.69, 9.17) is 5.73 Å². The Morgan fingerprint density at radius 1 is 1.40 bits per heavy atom. The number of aryl methyl sites for hydroxylation is 3. The molecule has 20 heavy (non-hydrogen) atoms. The number of hydrogen-bond acceptors (Lipinski definition) is 4. The number of hydrogen-bond donors (Lipinski definition) is 2. The third kappa shape index (κ3) is 2.62. The molecular formula is C13H18N4O2S. The highest BCUT2D eigenvalue weighted by Gasteiger charge is 2.22. The second-order valence-electron chi connectivity index (χ2n) is 4.62. The minimum absolute atomic E-state index is 0.00775. The first-order valence-corrected chi connectivity index (χ1v) is 7.74. The summed E-state index contributed by atoms with van der Waals surface area (Å²) in [6.07, 6.45) is 2.13. The van der Waals surface area contributed by atoms with Gasteiger partial charge in [-0.1, -0.05) is 25.1 Å². The topological polar surface area (TPSA) is 90.0 Å². The number of nitrogens with one attached hydrogen (secondary N) is 1. The molecule has 1 aromatic carbocycles. The number of aromatic nitrogens is 2. The van der Waals surface area contributed by atoms with Crippen LogP contribution in [-0.4, -0.2) is 18.2 Å². The molecule has 3 N–H and O–H groups in total. The average molecular weight is 294 g/mol. The molecule has 0 atom stereocenters. The number of benzene rings is 1. The van der Waals surface area contributed by atoms with E-state index in [9.17, 15) is 8.42 Å². The van der Waals surface area contributed by atoms with E-state index < -0.39 is 10.0 Å². The fraction of sp³-hybridized carbons (Fsp3) is 0.308. The van der Waals surface area contributed by atoms with Crippen molar-refractivity contribution in [1.82, 2.24) is 9.78 Å². The van der Waals surface area contributed by atoms with Gasteiger partial charge in [-0.25, -0.2) is 8.42 Å². The minimum Gasteiger partial charge on any atom is -0.381 e. The van der Waals surface area contributed by atoms with Crippen LogP contribution < -0.4 is 10.5 Å². The zero-order valence-electron chi connectivity index (χ0n) is 11.7. The van der Waals surface area contributed by atoms with Gasteiger partial charge in [0.15, 0.2) is 5.82 Å². The predicted octanol–water partition coefficient (Wildman–Crippen LogP) is 1.67. The molecule has 0 aliphatic carbocycles.